The monoisotopic (exact) mass is 643 g/mol. The molecule has 0 rings (SSSR count). The van der Waals surface area contributed by atoms with Crippen molar-refractivity contribution in [2.24, 2.45) is 29.0 Å². The van der Waals surface area contributed by atoms with E-state index in [0.29, 0.717) is 45.2 Å². The highest BCUT2D eigenvalue weighted by molar-refractivity contribution is 5.97. The molecule has 0 heterocycles. The van der Waals surface area contributed by atoms with Gasteiger partial charge in [0.25, 0.3) is 0 Å². The Kier molecular flexibility index (Phi) is 19.2. The Hall–Kier alpha value is -3.30. The minimum Gasteiger partial charge on any atom is -0.481 e. The molecule has 15 nitrogen and oxygen atoms in total. The number of hydrogen-bond acceptors (Lipinski definition) is 10. The topological polar surface area (TPSA) is 249 Å². The zero-order valence-electron chi connectivity index (χ0n) is 28.0. The molecule has 15 heteroatoms. The van der Waals surface area contributed by atoms with Crippen LogP contribution in [-0.2, 0) is 33.5 Å². The quantitative estimate of drug-likeness (QED) is 0.0590. The minimum atomic E-state index is -1.46. The minimum absolute atomic E-state index is 0.197. The molecule has 0 fully saturated rings. The van der Waals surface area contributed by atoms with Crippen molar-refractivity contribution >= 4 is 35.6 Å². The molecular weight excluding hydrogens is 586 g/mol. The number of carbonyl (C=O) groups excluding carboxylic acids is 5. The van der Waals surface area contributed by atoms with Gasteiger partial charge in [0.05, 0.1) is 13.2 Å². The van der Waals surface area contributed by atoms with E-state index in [9.17, 15) is 33.9 Å². The highest BCUT2D eigenvalue weighted by atomic mass is 16.5. The van der Waals surface area contributed by atoms with E-state index in [4.69, 9.17) is 21.9 Å². The second-order valence-corrected chi connectivity index (χ2v) is 12.3. The van der Waals surface area contributed by atoms with Crippen LogP contribution in [0.25, 0.3) is 0 Å². The molecule has 0 spiro atoms. The molecule has 0 saturated carbocycles. The Morgan fingerprint density at radius 2 is 1.36 bits per heavy atom. The number of likely N-dealkylation sites (N-methyl/N-ethyl adjacent to an activating group) is 1. The maximum absolute atomic E-state index is 13.9. The summed E-state index contributed by atoms with van der Waals surface area (Å²) in [5, 5.41) is 17.2. The molecule has 0 aromatic rings. The molecule has 4 amide bonds. The van der Waals surface area contributed by atoms with Gasteiger partial charge in [0.2, 0.25) is 23.6 Å². The van der Waals surface area contributed by atoms with Gasteiger partial charge in [-0.25, -0.2) is 4.79 Å². The lowest BCUT2D eigenvalue weighted by atomic mass is 9.90. The van der Waals surface area contributed by atoms with Crippen molar-refractivity contribution in [3.8, 4) is 0 Å². The summed E-state index contributed by atoms with van der Waals surface area (Å²) in [6.07, 6.45) is 2.20. The third-order valence-electron chi connectivity index (χ3n) is 7.90. The maximum atomic E-state index is 13.9. The predicted molar refractivity (Wildman–Crippen MR) is 169 cm³/mol. The average Bonchev–Trinajstić information content (AvgIpc) is 2.98. The zero-order valence-corrected chi connectivity index (χ0v) is 28.0. The van der Waals surface area contributed by atoms with E-state index in [1.165, 1.54) is 19.1 Å². The van der Waals surface area contributed by atoms with Crippen LogP contribution in [0.5, 0.6) is 0 Å². The number of carboxylic acids is 1. The van der Waals surface area contributed by atoms with Gasteiger partial charge >= 0.3 is 11.9 Å². The number of nitrogens with zero attached hydrogens (tertiary/aromatic N) is 1. The van der Waals surface area contributed by atoms with E-state index in [-0.39, 0.29) is 18.8 Å². The van der Waals surface area contributed by atoms with Crippen LogP contribution in [0.2, 0.25) is 0 Å². The number of esters is 1. The number of methoxy groups -OCH3 is 1. The van der Waals surface area contributed by atoms with Crippen LogP contribution in [0, 0.1) is 11.8 Å². The van der Waals surface area contributed by atoms with Crippen molar-refractivity contribution in [2.45, 2.75) is 116 Å². The van der Waals surface area contributed by atoms with E-state index in [2.05, 4.69) is 16.0 Å². The Labute approximate surface area is 267 Å². The third-order valence-corrected chi connectivity index (χ3v) is 7.90. The first-order valence-corrected chi connectivity index (χ1v) is 15.6. The molecule has 10 N–H and O–H groups in total. The number of hydrogen-bond donors (Lipinski definition) is 7. The summed E-state index contributed by atoms with van der Waals surface area (Å²) in [4.78, 5) is 78.8. The number of nitrogens with two attached hydrogens (primary N) is 3. The molecule has 260 valence electrons. The first-order chi connectivity index (χ1) is 21.0. The first kappa shape index (κ1) is 41.7. The molecule has 0 aromatic heterocycles. The van der Waals surface area contributed by atoms with Crippen LogP contribution < -0.4 is 33.2 Å². The van der Waals surface area contributed by atoms with Gasteiger partial charge in [0, 0.05) is 13.5 Å². The molecule has 0 saturated heterocycles. The predicted octanol–water partition coefficient (Wildman–Crippen LogP) is -0.407. The molecule has 0 aromatic carbocycles. The number of ether oxygens (including phenoxy) is 1. The molecule has 45 heavy (non-hydrogen) atoms. The van der Waals surface area contributed by atoms with Gasteiger partial charge in [-0.2, -0.15) is 0 Å². The van der Waals surface area contributed by atoms with Crippen LogP contribution in [0.3, 0.4) is 0 Å². The fraction of sp³-hybridized carbons (Fsp3) is 0.800. The molecule has 0 aliphatic heterocycles. The Balaban J connectivity index is 6.22. The van der Waals surface area contributed by atoms with E-state index < -0.39 is 77.6 Å². The first-order valence-electron chi connectivity index (χ1n) is 15.6. The lowest BCUT2D eigenvalue weighted by molar-refractivity contribution is -0.148. The zero-order chi connectivity index (χ0) is 34.9. The Morgan fingerprint density at radius 1 is 0.822 bits per heavy atom. The molecule has 0 bridgehead atoms. The van der Waals surface area contributed by atoms with E-state index in [1.54, 1.807) is 34.6 Å². The van der Waals surface area contributed by atoms with Gasteiger partial charge in [0.1, 0.15) is 23.7 Å². The number of aliphatic carboxylic acids is 1. The molecule has 0 aliphatic rings. The van der Waals surface area contributed by atoms with E-state index >= 15 is 0 Å². The standard InChI is InChI=1S/C30H57N7O8/c1-18(2)23(26(41)36-24(19(3)4)28(43)45-7)35-25(40)21(13-14-22(38)39)34-29(44)30(5,15-9-11-17-32)37(6)27(42)20(33)12-8-10-16-31/h18-21,23-24H,8-17,31-33H2,1-7H3,(H,34,44)(H,35,40)(H,36,41)(H,38,39)/t20-,21+,23+,24+,30+/m1/s1. The summed E-state index contributed by atoms with van der Waals surface area (Å²) in [7, 11) is 2.66. The fourth-order valence-electron chi connectivity index (χ4n) is 4.68. The van der Waals surface area contributed by atoms with Crippen LogP contribution >= 0.6 is 0 Å². The lowest BCUT2D eigenvalue weighted by Crippen LogP contribution is -2.63. The summed E-state index contributed by atoms with van der Waals surface area (Å²) < 4.78 is 4.78. The summed E-state index contributed by atoms with van der Waals surface area (Å²) in [6, 6.07) is -4.33. The molecule has 0 unspecified atom stereocenters. The Morgan fingerprint density at radius 3 is 1.84 bits per heavy atom. The van der Waals surface area contributed by atoms with Crippen molar-refractivity contribution in [1.82, 2.24) is 20.9 Å². The van der Waals surface area contributed by atoms with Gasteiger partial charge in [0.15, 0.2) is 0 Å². The molecular formula is C30H57N7O8. The van der Waals surface area contributed by atoms with Crippen LogP contribution in [-0.4, -0.2) is 103 Å². The van der Waals surface area contributed by atoms with Crippen LogP contribution in [0.15, 0.2) is 0 Å². The van der Waals surface area contributed by atoms with Gasteiger partial charge in [-0.05, 0) is 70.4 Å². The second-order valence-electron chi connectivity index (χ2n) is 12.3. The van der Waals surface area contributed by atoms with Gasteiger partial charge < -0.3 is 47.9 Å². The SMILES string of the molecule is COC(=O)[C@@H](NC(=O)[C@@H](NC(=O)[C@H](CCC(=O)O)NC(=O)[C@](C)(CCCCN)N(C)C(=O)[C@H](N)CCCCN)C(C)C)C(C)C. The molecule has 0 radical (unpaired) electrons. The van der Waals surface area contributed by atoms with Gasteiger partial charge in [-0.3, -0.25) is 24.0 Å². The largest absolute Gasteiger partial charge is 0.481 e. The number of carbonyl (C=O) groups is 6. The molecule has 0 aliphatic carbocycles. The van der Waals surface area contributed by atoms with Crippen molar-refractivity contribution in [3.05, 3.63) is 0 Å². The van der Waals surface area contributed by atoms with Gasteiger partial charge in [-0.1, -0.05) is 34.1 Å². The average molecular weight is 644 g/mol. The van der Waals surface area contributed by atoms with Crippen LogP contribution in [0.1, 0.15) is 86.0 Å². The van der Waals surface area contributed by atoms with Crippen molar-refractivity contribution in [1.29, 1.82) is 0 Å². The van der Waals surface area contributed by atoms with Crippen molar-refractivity contribution in [3.63, 3.8) is 0 Å². The number of amides is 4. The van der Waals surface area contributed by atoms with Gasteiger partial charge in [-0.15, -0.1) is 0 Å². The van der Waals surface area contributed by atoms with Crippen LogP contribution in [0.4, 0.5) is 0 Å². The number of unbranched alkanes of at least 4 members (excludes halogenated alkanes) is 2. The number of rotatable bonds is 22. The number of nitrogens with one attached hydrogen (secondary N) is 3. The summed E-state index contributed by atoms with van der Waals surface area (Å²) in [5.41, 5.74) is 15.9. The van der Waals surface area contributed by atoms with Crippen molar-refractivity contribution < 1.29 is 38.6 Å². The number of carboxylic acid groups (broad SMARTS) is 1. The lowest BCUT2D eigenvalue weighted by Gasteiger charge is -2.40. The smallest absolute Gasteiger partial charge is 0.328 e. The highest BCUT2D eigenvalue weighted by Gasteiger charge is 2.42. The summed E-state index contributed by atoms with van der Waals surface area (Å²) >= 11 is 0. The summed E-state index contributed by atoms with van der Waals surface area (Å²) in [5.74, 6) is -5.19. The van der Waals surface area contributed by atoms with E-state index in [1.807, 2.05) is 0 Å². The normalized spacial score (nSPS) is 15.3. The Bertz CT molecular complexity index is 993. The van der Waals surface area contributed by atoms with Crippen molar-refractivity contribution in [2.75, 3.05) is 27.2 Å². The summed E-state index contributed by atoms with van der Waals surface area (Å²) in [6.45, 7) is 9.19. The van der Waals surface area contributed by atoms with E-state index in [0.717, 1.165) is 0 Å². The third kappa shape index (κ3) is 13.7. The second kappa shape index (κ2) is 20.7. The highest BCUT2D eigenvalue weighted by Crippen LogP contribution is 2.24. The fourth-order valence-corrected chi connectivity index (χ4v) is 4.68. The molecule has 5 atom stereocenters. The maximum Gasteiger partial charge on any atom is 0.328 e.